The van der Waals surface area contributed by atoms with Gasteiger partial charge >= 0.3 is 5.13 Å². The third kappa shape index (κ3) is 5.44. The van der Waals surface area contributed by atoms with Crippen LogP contribution in [0.1, 0.15) is 38.7 Å². The Morgan fingerprint density at radius 2 is 2.32 bits per heavy atom. The maximum atomic E-state index is 5.68. The van der Waals surface area contributed by atoms with Crippen LogP contribution in [0.3, 0.4) is 0 Å². The summed E-state index contributed by atoms with van der Waals surface area (Å²) in [5.74, 6) is 0.746. The minimum atomic E-state index is 0.437. The predicted octanol–water partition coefficient (Wildman–Crippen LogP) is 3.54. The molecule has 0 unspecified atom stereocenters. The first-order valence-corrected chi connectivity index (χ1v) is 8.33. The number of anilines is 1. The van der Waals surface area contributed by atoms with Crippen LogP contribution in [0.25, 0.3) is 10.6 Å². The molecule has 2 aromatic heterocycles. The Labute approximate surface area is 135 Å². The maximum Gasteiger partial charge on any atom is 0.330 e. The fraction of sp³-hybridized carbons (Fsp3) is 0.438. The molecule has 0 atom stereocenters. The monoisotopic (exact) mass is 319 g/mol. The lowest BCUT2D eigenvalue weighted by Gasteiger charge is -2.02. The highest BCUT2D eigenvalue weighted by Gasteiger charge is 2.06. The van der Waals surface area contributed by atoms with Crippen molar-refractivity contribution in [2.24, 2.45) is 11.1 Å². The van der Waals surface area contributed by atoms with E-state index < -0.39 is 0 Å². The van der Waals surface area contributed by atoms with Crippen molar-refractivity contribution in [1.29, 1.82) is 0 Å². The highest BCUT2D eigenvalue weighted by molar-refractivity contribution is 7.18. The Kier molecular flexibility index (Phi) is 6.33. The van der Waals surface area contributed by atoms with Crippen molar-refractivity contribution in [1.82, 2.24) is 4.98 Å². The lowest BCUT2D eigenvalue weighted by molar-refractivity contribution is -0.353. The summed E-state index contributed by atoms with van der Waals surface area (Å²) >= 11 is 1.48. The highest BCUT2D eigenvalue weighted by atomic mass is 32.1. The van der Waals surface area contributed by atoms with Crippen LogP contribution in [0, 0.1) is 5.92 Å². The second-order valence-corrected chi connectivity index (χ2v) is 6.64. The number of rotatable bonds is 8. The Morgan fingerprint density at radius 1 is 1.45 bits per heavy atom. The van der Waals surface area contributed by atoms with Crippen LogP contribution in [0.5, 0.6) is 0 Å². The zero-order chi connectivity index (χ0) is 15.8. The van der Waals surface area contributed by atoms with Crippen LogP contribution < -0.4 is 10.7 Å². The molecule has 0 aromatic carbocycles. The Morgan fingerprint density at radius 3 is 2.95 bits per heavy atom. The fourth-order valence-electron chi connectivity index (χ4n) is 1.93. The van der Waals surface area contributed by atoms with Crippen molar-refractivity contribution in [2.75, 3.05) is 5.73 Å². The van der Waals surface area contributed by atoms with Crippen LogP contribution in [0.2, 0.25) is 0 Å². The molecule has 5 nitrogen and oxygen atoms in total. The van der Waals surface area contributed by atoms with E-state index in [0.717, 1.165) is 34.9 Å². The summed E-state index contributed by atoms with van der Waals surface area (Å²) in [5.41, 5.74) is 7.58. The number of nitrogens with one attached hydrogen (secondary N) is 1. The minimum absolute atomic E-state index is 0.437. The number of nitrogens with zero attached hydrogens (tertiary/aromatic N) is 2. The van der Waals surface area contributed by atoms with Gasteiger partial charge in [-0.25, -0.2) is 4.98 Å². The van der Waals surface area contributed by atoms with Crippen molar-refractivity contribution in [3.05, 3.63) is 30.1 Å². The molecule has 0 saturated heterocycles. The van der Waals surface area contributed by atoms with Crippen LogP contribution in [0.4, 0.5) is 5.13 Å². The molecule has 2 heterocycles. The Balaban J connectivity index is 1.74. The number of nitrogen functional groups attached to an aromatic ring is 1. The van der Waals surface area contributed by atoms with E-state index in [2.05, 4.69) is 29.0 Å². The lowest BCUT2D eigenvalue weighted by atomic mass is 10.1. The average Bonchev–Trinajstić information content (AvgIpc) is 2.93. The highest BCUT2D eigenvalue weighted by Crippen LogP contribution is 2.23. The molecule has 3 N–H and O–H groups in total. The molecule has 6 heteroatoms. The van der Waals surface area contributed by atoms with E-state index in [1.807, 2.05) is 24.5 Å². The number of unbranched alkanes of at least 4 members (excludes halogenated alkanes) is 1. The van der Waals surface area contributed by atoms with E-state index in [1.54, 1.807) is 6.20 Å². The molecule has 0 radical (unpaired) electrons. The molecule has 0 spiro atoms. The molecule has 0 aliphatic heterocycles. The Bertz CT molecular complexity index is 592. The van der Waals surface area contributed by atoms with Gasteiger partial charge in [0, 0.05) is 18.0 Å². The summed E-state index contributed by atoms with van der Waals surface area (Å²) in [4.78, 5) is 13.7. The van der Waals surface area contributed by atoms with E-state index in [0.29, 0.717) is 11.7 Å². The van der Waals surface area contributed by atoms with Crippen LogP contribution in [-0.2, 0) is 11.4 Å². The standard InChI is InChI=1S/C16H22N4OS/c1-12(2)5-3-4-8-20-21-11-13-6-7-14(18-9-13)15-10-19-16(17)22-15/h6-10,12H,3-5,11H2,1-2H3,(H2,17,19)/p+1. The molecule has 0 aliphatic carbocycles. The van der Waals surface area contributed by atoms with E-state index in [1.165, 1.54) is 17.8 Å². The molecule has 2 rings (SSSR count). The molecule has 22 heavy (non-hydrogen) atoms. The van der Waals surface area contributed by atoms with Gasteiger partial charge in [0.1, 0.15) is 12.8 Å². The topological polar surface area (TPSA) is 74.6 Å². The normalized spacial score (nSPS) is 11.4. The van der Waals surface area contributed by atoms with Gasteiger partial charge in [-0.3, -0.25) is 10.7 Å². The molecule has 0 amide bonds. The van der Waals surface area contributed by atoms with Gasteiger partial charge in [-0.05, 0) is 36.2 Å². The van der Waals surface area contributed by atoms with Gasteiger partial charge in [0.05, 0.1) is 10.6 Å². The molecular formula is C16H23N4OS+. The third-order valence-electron chi connectivity index (χ3n) is 3.14. The number of hydrogen-bond acceptors (Lipinski definition) is 5. The van der Waals surface area contributed by atoms with E-state index in [9.17, 15) is 0 Å². The SMILES string of the molecule is CC(C)CCCC=NOCc1ccc(-c2c[nH+]c(N)s2)nc1. The Hall–Kier alpha value is -1.95. The van der Waals surface area contributed by atoms with Crippen LogP contribution in [0.15, 0.2) is 29.7 Å². The van der Waals surface area contributed by atoms with Gasteiger partial charge in [0.25, 0.3) is 0 Å². The molecule has 0 bridgehead atoms. The predicted molar refractivity (Wildman–Crippen MR) is 90.5 cm³/mol. The van der Waals surface area contributed by atoms with E-state index >= 15 is 0 Å². The number of thiazole rings is 1. The van der Waals surface area contributed by atoms with Crippen LogP contribution in [-0.4, -0.2) is 11.2 Å². The van der Waals surface area contributed by atoms with Crippen molar-refractivity contribution < 1.29 is 9.82 Å². The van der Waals surface area contributed by atoms with Crippen molar-refractivity contribution >= 4 is 22.7 Å². The number of nitrogens with two attached hydrogens (primary N) is 1. The van der Waals surface area contributed by atoms with Crippen LogP contribution >= 0.6 is 11.3 Å². The quantitative estimate of drug-likeness (QED) is 0.459. The second kappa shape index (κ2) is 8.48. The van der Waals surface area contributed by atoms with Gasteiger partial charge in [0.2, 0.25) is 0 Å². The molecular weight excluding hydrogens is 296 g/mol. The van der Waals surface area contributed by atoms with Gasteiger partial charge in [-0.2, -0.15) is 0 Å². The summed E-state index contributed by atoms with van der Waals surface area (Å²) in [5, 5.41) is 4.65. The minimum Gasteiger partial charge on any atom is -0.391 e. The van der Waals surface area contributed by atoms with Gasteiger partial charge in [0.15, 0.2) is 0 Å². The van der Waals surface area contributed by atoms with Crippen molar-refractivity contribution in [3.8, 4) is 10.6 Å². The summed E-state index contributed by atoms with van der Waals surface area (Å²) in [7, 11) is 0. The number of hydrogen-bond donors (Lipinski definition) is 1. The zero-order valence-electron chi connectivity index (χ0n) is 13.1. The second-order valence-electron chi connectivity index (χ2n) is 5.56. The van der Waals surface area contributed by atoms with Crippen molar-refractivity contribution in [2.45, 2.75) is 39.7 Å². The van der Waals surface area contributed by atoms with Gasteiger partial charge in [-0.15, -0.1) is 0 Å². The number of aromatic amines is 1. The fourth-order valence-corrected chi connectivity index (χ4v) is 2.63. The molecule has 0 fully saturated rings. The first-order chi connectivity index (χ1) is 10.6. The number of aromatic nitrogens is 2. The first-order valence-electron chi connectivity index (χ1n) is 7.51. The van der Waals surface area contributed by atoms with E-state index in [4.69, 9.17) is 10.6 Å². The van der Waals surface area contributed by atoms with Gasteiger partial charge in [-0.1, -0.05) is 31.5 Å². The van der Waals surface area contributed by atoms with Gasteiger partial charge < -0.3 is 4.84 Å². The van der Waals surface area contributed by atoms with Crippen molar-refractivity contribution in [3.63, 3.8) is 0 Å². The molecule has 118 valence electrons. The lowest BCUT2D eigenvalue weighted by Crippen LogP contribution is -2.01. The third-order valence-corrected chi connectivity index (χ3v) is 4.02. The van der Waals surface area contributed by atoms with E-state index in [-0.39, 0.29) is 0 Å². The number of oxime groups is 1. The first kappa shape index (κ1) is 16.4. The largest absolute Gasteiger partial charge is 0.391 e. The number of H-pyrrole nitrogens is 1. The molecule has 0 aliphatic rings. The summed E-state index contributed by atoms with van der Waals surface area (Å²) in [6, 6.07) is 3.96. The summed E-state index contributed by atoms with van der Waals surface area (Å²) in [6.07, 6.45) is 8.85. The smallest absolute Gasteiger partial charge is 0.330 e. The maximum absolute atomic E-state index is 5.68. The summed E-state index contributed by atoms with van der Waals surface area (Å²) < 4.78 is 0. The molecule has 0 saturated carbocycles. The summed E-state index contributed by atoms with van der Waals surface area (Å²) in [6.45, 7) is 4.90. The average molecular weight is 319 g/mol. The number of pyridine rings is 1. The zero-order valence-corrected chi connectivity index (χ0v) is 13.9. The molecule has 2 aromatic rings.